The molecule has 0 aliphatic heterocycles. The monoisotopic (exact) mass is 423 g/mol. The Hall–Kier alpha value is -3.91. The molecule has 0 unspecified atom stereocenters. The van der Waals surface area contributed by atoms with Crippen LogP contribution in [-0.4, -0.2) is 38.0 Å². The number of rotatable bonds is 10. The first-order valence-electron chi connectivity index (χ1n) is 9.38. The zero-order valence-corrected chi connectivity index (χ0v) is 16.8. The number of carbonyl (C=O) groups excluding carboxylic acids is 3. The summed E-state index contributed by atoms with van der Waals surface area (Å²) in [5.74, 6) is -0.780. The van der Waals surface area contributed by atoms with Crippen molar-refractivity contribution in [3.8, 4) is 11.5 Å². The normalized spacial score (nSPS) is 13.2. The van der Waals surface area contributed by atoms with Gasteiger partial charge in [-0.25, -0.2) is 0 Å². The number of hydrogen-bond donors (Lipinski definition) is 1. The predicted octanol–water partition coefficient (Wildman–Crippen LogP) is 2.30. The van der Waals surface area contributed by atoms with Crippen molar-refractivity contribution in [2.75, 3.05) is 20.5 Å². The molecule has 31 heavy (non-hydrogen) atoms. The van der Waals surface area contributed by atoms with Gasteiger partial charge in [-0.15, -0.1) is 0 Å². The van der Waals surface area contributed by atoms with Gasteiger partial charge in [-0.2, -0.15) is 0 Å². The van der Waals surface area contributed by atoms with Crippen molar-refractivity contribution in [2.45, 2.75) is 6.61 Å². The van der Waals surface area contributed by atoms with Crippen molar-refractivity contribution < 1.29 is 33.3 Å². The number of ketones is 2. The quantitative estimate of drug-likeness (QED) is 0.462. The van der Waals surface area contributed by atoms with Crippen LogP contribution in [0.4, 0.5) is 0 Å². The molecule has 3 rings (SSSR count). The van der Waals surface area contributed by atoms with Gasteiger partial charge in [0.1, 0.15) is 18.1 Å². The van der Waals surface area contributed by atoms with Crippen LogP contribution in [0.15, 0.2) is 78.2 Å². The molecule has 1 aliphatic carbocycles. The second-order valence-electron chi connectivity index (χ2n) is 6.43. The molecule has 0 saturated carbocycles. The molecule has 0 spiro atoms. The number of nitrogens with one attached hydrogen (secondary N) is 1. The highest BCUT2D eigenvalue weighted by Crippen LogP contribution is 2.19. The van der Waals surface area contributed by atoms with Crippen LogP contribution in [-0.2, 0) is 30.5 Å². The molecule has 0 bridgehead atoms. The SMILES string of the molecule is COCOC1=CC(=O)C=C(NC(=O)COc2ccc(OCc3ccccc3)cc2)C1=O. The van der Waals surface area contributed by atoms with E-state index in [9.17, 15) is 14.4 Å². The molecule has 160 valence electrons. The Bertz CT molecular complexity index is 994. The summed E-state index contributed by atoms with van der Waals surface area (Å²) < 4.78 is 20.9. The molecule has 1 aliphatic rings. The minimum absolute atomic E-state index is 0.183. The lowest BCUT2D eigenvalue weighted by Crippen LogP contribution is -2.34. The smallest absolute Gasteiger partial charge is 0.262 e. The first-order valence-corrected chi connectivity index (χ1v) is 9.38. The second kappa shape index (κ2) is 10.7. The minimum Gasteiger partial charge on any atom is -0.489 e. The minimum atomic E-state index is -0.620. The molecule has 1 amide bonds. The zero-order chi connectivity index (χ0) is 22.1. The Morgan fingerprint density at radius 1 is 0.871 bits per heavy atom. The van der Waals surface area contributed by atoms with E-state index in [1.807, 2.05) is 30.3 Å². The van der Waals surface area contributed by atoms with Crippen LogP contribution in [0.5, 0.6) is 11.5 Å². The van der Waals surface area contributed by atoms with Gasteiger partial charge in [0.15, 0.2) is 24.9 Å². The summed E-state index contributed by atoms with van der Waals surface area (Å²) in [5.41, 5.74) is 0.868. The van der Waals surface area contributed by atoms with Gasteiger partial charge in [0.05, 0.1) is 5.70 Å². The standard InChI is InChI=1S/C23H21NO7/c1-28-15-31-21-12-17(25)11-20(23(21)27)24-22(26)14-30-19-9-7-18(8-10-19)29-13-16-5-3-2-4-6-16/h2-12H,13-15H2,1H3,(H,24,26). The third-order valence-corrected chi connectivity index (χ3v) is 4.08. The summed E-state index contributed by atoms with van der Waals surface area (Å²) >= 11 is 0. The van der Waals surface area contributed by atoms with E-state index < -0.39 is 17.5 Å². The summed E-state index contributed by atoms with van der Waals surface area (Å²) in [6.45, 7) is -0.100. The van der Waals surface area contributed by atoms with Crippen molar-refractivity contribution in [1.29, 1.82) is 0 Å². The van der Waals surface area contributed by atoms with E-state index in [1.165, 1.54) is 7.11 Å². The number of methoxy groups -OCH3 is 1. The van der Waals surface area contributed by atoms with Crippen molar-refractivity contribution in [1.82, 2.24) is 5.32 Å². The fourth-order valence-electron chi connectivity index (χ4n) is 2.61. The van der Waals surface area contributed by atoms with Gasteiger partial charge >= 0.3 is 0 Å². The molecule has 0 radical (unpaired) electrons. The third kappa shape index (κ3) is 6.55. The first-order chi connectivity index (χ1) is 15.0. The highest BCUT2D eigenvalue weighted by Gasteiger charge is 2.25. The summed E-state index contributed by atoms with van der Waals surface area (Å²) in [7, 11) is 1.38. The van der Waals surface area contributed by atoms with Crippen LogP contribution in [0.1, 0.15) is 5.56 Å². The molecule has 0 fully saturated rings. The van der Waals surface area contributed by atoms with E-state index in [-0.39, 0.29) is 24.9 Å². The molecule has 0 saturated heterocycles. The molecule has 0 aromatic heterocycles. The van der Waals surface area contributed by atoms with Gasteiger partial charge in [-0.05, 0) is 29.8 Å². The van der Waals surface area contributed by atoms with Crippen LogP contribution in [0, 0.1) is 0 Å². The first kappa shape index (κ1) is 21.8. The Morgan fingerprint density at radius 3 is 2.23 bits per heavy atom. The maximum absolute atomic E-state index is 12.2. The number of benzene rings is 2. The summed E-state index contributed by atoms with van der Waals surface area (Å²) in [4.78, 5) is 36.1. The lowest BCUT2D eigenvalue weighted by atomic mass is 10.1. The van der Waals surface area contributed by atoms with E-state index in [2.05, 4.69) is 5.32 Å². The number of amides is 1. The maximum Gasteiger partial charge on any atom is 0.262 e. The average Bonchev–Trinajstić information content (AvgIpc) is 2.79. The zero-order valence-electron chi connectivity index (χ0n) is 16.8. The van der Waals surface area contributed by atoms with Gasteiger partial charge in [0.25, 0.3) is 5.91 Å². The fourth-order valence-corrected chi connectivity index (χ4v) is 2.61. The van der Waals surface area contributed by atoms with Crippen molar-refractivity contribution in [3.63, 3.8) is 0 Å². The van der Waals surface area contributed by atoms with Gasteiger partial charge < -0.3 is 24.3 Å². The van der Waals surface area contributed by atoms with Gasteiger partial charge in [-0.3, -0.25) is 14.4 Å². The van der Waals surface area contributed by atoms with Crippen LogP contribution in [0.25, 0.3) is 0 Å². The van der Waals surface area contributed by atoms with Crippen LogP contribution < -0.4 is 14.8 Å². The van der Waals surface area contributed by atoms with E-state index in [4.69, 9.17) is 18.9 Å². The highest BCUT2D eigenvalue weighted by atomic mass is 16.7. The van der Waals surface area contributed by atoms with Crippen molar-refractivity contribution in [3.05, 3.63) is 83.8 Å². The molecule has 2 aromatic rings. The Kier molecular flexibility index (Phi) is 7.56. The van der Waals surface area contributed by atoms with Gasteiger partial charge in [-0.1, -0.05) is 30.3 Å². The Labute approximate surface area is 179 Å². The highest BCUT2D eigenvalue weighted by molar-refractivity contribution is 6.20. The summed E-state index contributed by atoms with van der Waals surface area (Å²) in [6, 6.07) is 16.6. The Balaban J connectivity index is 1.47. The third-order valence-electron chi connectivity index (χ3n) is 4.08. The number of hydrogen-bond acceptors (Lipinski definition) is 7. The fraction of sp³-hybridized carbons (Fsp3) is 0.174. The van der Waals surface area contributed by atoms with Crippen molar-refractivity contribution in [2.24, 2.45) is 0 Å². The molecular formula is C23H21NO7. The number of carbonyl (C=O) groups is 3. The Morgan fingerprint density at radius 2 is 1.55 bits per heavy atom. The topological polar surface area (TPSA) is 100 Å². The molecule has 8 nitrogen and oxygen atoms in total. The summed E-state index contributed by atoms with van der Waals surface area (Å²) in [5, 5.41) is 2.37. The van der Waals surface area contributed by atoms with E-state index in [0.717, 1.165) is 17.7 Å². The van der Waals surface area contributed by atoms with E-state index in [1.54, 1.807) is 24.3 Å². The second-order valence-corrected chi connectivity index (χ2v) is 6.43. The van der Waals surface area contributed by atoms with Crippen LogP contribution in [0.2, 0.25) is 0 Å². The van der Waals surface area contributed by atoms with E-state index >= 15 is 0 Å². The number of Topliss-reactive ketones (excluding diaryl/α,β-unsaturated/α-hetero) is 1. The molecule has 2 aromatic carbocycles. The van der Waals surface area contributed by atoms with Gasteiger partial charge in [0.2, 0.25) is 5.78 Å². The lowest BCUT2D eigenvalue weighted by Gasteiger charge is -2.15. The van der Waals surface area contributed by atoms with Gasteiger partial charge in [0, 0.05) is 19.3 Å². The number of allylic oxidation sites excluding steroid dienone is 2. The molecule has 0 heterocycles. The largest absolute Gasteiger partial charge is 0.489 e. The van der Waals surface area contributed by atoms with Crippen LogP contribution >= 0.6 is 0 Å². The van der Waals surface area contributed by atoms with Crippen LogP contribution in [0.3, 0.4) is 0 Å². The lowest BCUT2D eigenvalue weighted by molar-refractivity contribution is -0.125. The molecule has 0 atom stereocenters. The maximum atomic E-state index is 12.2. The number of ether oxygens (including phenoxy) is 4. The predicted molar refractivity (Wildman–Crippen MR) is 110 cm³/mol. The molecule has 8 heteroatoms. The summed E-state index contributed by atoms with van der Waals surface area (Å²) in [6.07, 6.45) is 2.06. The molecule has 1 N–H and O–H groups in total. The van der Waals surface area contributed by atoms with E-state index in [0.29, 0.717) is 18.1 Å². The van der Waals surface area contributed by atoms with Crippen molar-refractivity contribution >= 4 is 17.5 Å². The molecular weight excluding hydrogens is 402 g/mol. The average molecular weight is 423 g/mol.